The summed E-state index contributed by atoms with van der Waals surface area (Å²) in [5.41, 5.74) is 0. The molecule has 2 aliphatic rings. The highest BCUT2D eigenvalue weighted by atomic mass is 35.5. The van der Waals surface area contributed by atoms with Crippen LogP contribution in [-0.2, 0) is 4.79 Å². The number of likely N-dealkylation sites (tertiary alicyclic amines) is 1. The summed E-state index contributed by atoms with van der Waals surface area (Å²) in [6.07, 6.45) is 7.27. The molecule has 0 radical (unpaired) electrons. The zero-order chi connectivity index (χ0) is 12.1. The number of nitrogens with one attached hydrogen (secondary N) is 1. The Morgan fingerprint density at radius 1 is 1.33 bits per heavy atom. The number of hydrogen-bond donors (Lipinski definition) is 1. The zero-order valence-corrected chi connectivity index (χ0v) is 11.9. The summed E-state index contributed by atoms with van der Waals surface area (Å²) in [7, 11) is 0. The molecule has 2 rings (SSSR count). The van der Waals surface area contributed by atoms with Crippen LogP contribution in [0.1, 0.15) is 32.1 Å². The first-order valence-corrected chi connectivity index (χ1v) is 6.90. The van der Waals surface area contributed by atoms with Gasteiger partial charge in [-0.25, -0.2) is 0 Å². The summed E-state index contributed by atoms with van der Waals surface area (Å²) in [5.74, 6) is 1.71. The van der Waals surface area contributed by atoms with Crippen LogP contribution in [0.15, 0.2) is 12.7 Å². The molecule has 0 aromatic heterocycles. The van der Waals surface area contributed by atoms with E-state index in [0.717, 1.165) is 57.8 Å². The Balaban J connectivity index is 0.00000162. The number of hydrogen-bond acceptors (Lipinski definition) is 2. The summed E-state index contributed by atoms with van der Waals surface area (Å²) in [4.78, 5) is 14.1. The van der Waals surface area contributed by atoms with Gasteiger partial charge in [0.05, 0.1) is 0 Å². The summed E-state index contributed by atoms with van der Waals surface area (Å²) in [6.45, 7) is 7.92. The zero-order valence-electron chi connectivity index (χ0n) is 11.1. The minimum absolute atomic E-state index is 0. The summed E-state index contributed by atoms with van der Waals surface area (Å²) >= 11 is 0. The molecule has 0 bridgehead atoms. The fraction of sp³-hybridized carbons (Fsp3) is 0.786. The van der Waals surface area contributed by atoms with Crippen molar-refractivity contribution >= 4 is 18.3 Å². The van der Waals surface area contributed by atoms with Crippen LogP contribution in [0.5, 0.6) is 0 Å². The van der Waals surface area contributed by atoms with E-state index in [1.807, 2.05) is 11.0 Å². The van der Waals surface area contributed by atoms with E-state index < -0.39 is 0 Å². The molecule has 2 aliphatic heterocycles. The van der Waals surface area contributed by atoms with Crippen LogP contribution in [0.4, 0.5) is 0 Å². The first-order valence-electron chi connectivity index (χ1n) is 6.90. The van der Waals surface area contributed by atoms with Crippen molar-refractivity contribution in [3.8, 4) is 0 Å². The van der Waals surface area contributed by atoms with Gasteiger partial charge in [0.15, 0.2) is 0 Å². The highest BCUT2D eigenvalue weighted by Gasteiger charge is 2.22. The van der Waals surface area contributed by atoms with E-state index in [2.05, 4.69) is 11.9 Å². The quantitative estimate of drug-likeness (QED) is 0.796. The second-order valence-electron chi connectivity index (χ2n) is 5.35. The first-order chi connectivity index (χ1) is 8.29. The van der Waals surface area contributed by atoms with Gasteiger partial charge in [0.2, 0.25) is 5.91 Å². The van der Waals surface area contributed by atoms with Gasteiger partial charge in [0.25, 0.3) is 0 Å². The van der Waals surface area contributed by atoms with Crippen molar-refractivity contribution in [2.45, 2.75) is 32.1 Å². The SMILES string of the molecule is C=CC1CCN(C(=O)CCC2CCNC2)CC1.Cl. The summed E-state index contributed by atoms with van der Waals surface area (Å²) in [5, 5.41) is 3.35. The maximum Gasteiger partial charge on any atom is 0.222 e. The topological polar surface area (TPSA) is 32.3 Å². The van der Waals surface area contributed by atoms with Gasteiger partial charge in [-0.15, -0.1) is 19.0 Å². The molecule has 3 nitrogen and oxygen atoms in total. The van der Waals surface area contributed by atoms with Crippen LogP contribution in [-0.4, -0.2) is 37.0 Å². The average molecular weight is 273 g/mol. The largest absolute Gasteiger partial charge is 0.343 e. The van der Waals surface area contributed by atoms with Gasteiger partial charge in [0.1, 0.15) is 0 Å². The highest BCUT2D eigenvalue weighted by Crippen LogP contribution is 2.20. The van der Waals surface area contributed by atoms with E-state index in [9.17, 15) is 4.79 Å². The molecule has 18 heavy (non-hydrogen) atoms. The van der Waals surface area contributed by atoms with Gasteiger partial charge in [-0.2, -0.15) is 0 Å². The first kappa shape index (κ1) is 15.5. The summed E-state index contributed by atoms with van der Waals surface area (Å²) < 4.78 is 0. The van der Waals surface area contributed by atoms with Gasteiger partial charge in [-0.3, -0.25) is 4.79 Å². The molecular weight excluding hydrogens is 248 g/mol. The Hall–Kier alpha value is -0.540. The Kier molecular flexibility index (Phi) is 6.72. The van der Waals surface area contributed by atoms with Crippen molar-refractivity contribution in [1.29, 1.82) is 0 Å². The Labute approximate surface area is 116 Å². The van der Waals surface area contributed by atoms with Crippen LogP contribution < -0.4 is 5.32 Å². The van der Waals surface area contributed by atoms with E-state index >= 15 is 0 Å². The lowest BCUT2D eigenvalue weighted by molar-refractivity contribution is -0.132. The number of rotatable bonds is 4. The van der Waals surface area contributed by atoms with Crippen LogP contribution in [0.25, 0.3) is 0 Å². The third-order valence-electron chi connectivity index (χ3n) is 4.15. The molecule has 2 fully saturated rings. The maximum atomic E-state index is 12.0. The van der Waals surface area contributed by atoms with Crippen molar-refractivity contribution in [2.24, 2.45) is 11.8 Å². The fourth-order valence-corrected chi connectivity index (χ4v) is 2.83. The second-order valence-corrected chi connectivity index (χ2v) is 5.35. The third kappa shape index (κ3) is 4.29. The van der Waals surface area contributed by atoms with Gasteiger partial charge < -0.3 is 10.2 Å². The molecule has 104 valence electrons. The number of nitrogens with zero attached hydrogens (tertiary/aromatic N) is 1. The van der Waals surface area contributed by atoms with Crippen LogP contribution in [0.2, 0.25) is 0 Å². The summed E-state index contributed by atoms with van der Waals surface area (Å²) in [6, 6.07) is 0. The van der Waals surface area contributed by atoms with Crippen molar-refractivity contribution in [2.75, 3.05) is 26.2 Å². The molecule has 0 aromatic rings. The van der Waals surface area contributed by atoms with Crippen LogP contribution in [0, 0.1) is 11.8 Å². The Morgan fingerprint density at radius 3 is 2.61 bits per heavy atom. The maximum absolute atomic E-state index is 12.0. The minimum atomic E-state index is 0. The van der Waals surface area contributed by atoms with E-state index in [0.29, 0.717) is 11.8 Å². The minimum Gasteiger partial charge on any atom is -0.343 e. The van der Waals surface area contributed by atoms with E-state index in [4.69, 9.17) is 0 Å². The Bertz CT molecular complexity index is 269. The molecule has 1 N–H and O–H groups in total. The molecule has 0 aromatic carbocycles. The lowest BCUT2D eigenvalue weighted by atomic mass is 9.96. The van der Waals surface area contributed by atoms with Crippen LogP contribution >= 0.6 is 12.4 Å². The van der Waals surface area contributed by atoms with Gasteiger partial charge >= 0.3 is 0 Å². The number of carbonyl (C=O) groups excluding carboxylic acids is 1. The lowest BCUT2D eigenvalue weighted by Gasteiger charge is -2.31. The third-order valence-corrected chi connectivity index (χ3v) is 4.15. The molecule has 4 heteroatoms. The highest BCUT2D eigenvalue weighted by molar-refractivity contribution is 5.85. The average Bonchev–Trinajstić information content (AvgIpc) is 2.89. The smallest absolute Gasteiger partial charge is 0.222 e. The number of allylic oxidation sites excluding steroid dienone is 1. The number of halogens is 1. The Morgan fingerprint density at radius 2 is 2.06 bits per heavy atom. The molecular formula is C14H25ClN2O. The monoisotopic (exact) mass is 272 g/mol. The number of amides is 1. The number of carbonyl (C=O) groups is 1. The predicted molar refractivity (Wildman–Crippen MR) is 77.0 cm³/mol. The molecule has 1 atom stereocenters. The van der Waals surface area contributed by atoms with Gasteiger partial charge in [0, 0.05) is 19.5 Å². The van der Waals surface area contributed by atoms with E-state index in [-0.39, 0.29) is 12.4 Å². The van der Waals surface area contributed by atoms with Crippen molar-refractivity contribution in [3.05, 3.63) is 12.7 Å². The standard InChI is InChI=1S/C14H24N2O.ClH/c1-2-12-6-9-16(10-7-12)14(17)4-3-13-5-8-15-11-13;/h2,12-13,15H,1,3-11H2;1H. The van der Waals surface area contributed by atoms with Gasteiger partial charge in [-0.05, 0) is 50.6 Å². The van der Waals surface area contributed by atoms with E-state index in [1.54, 1.807) is 0 Å². The molecule has 0 aliphatic carbocycles. The van der Waals surface area contributed by atoms with Crippen molar-refractivity contribution in [1.82, 2.24) is 10.2 Å². The molecule has 1 unspecified atom stereocenters. The molecule has 0 saturated carbocycles. The predicted octanol–water partition coefficient (Wildman–Crippen LogP) is 2.22. The number of piperidine rings is 1. The second kappa shape index (κ2) is 7.80. The van der Waals surface area contributed by atoms with E-state index in [1.165, 1.54) is 6.42 Å². The molecule has 2 saturated heterocycles. The normalized spacial score (nSPS) is 24.7. The van der Waals surface area contributed by atoms with Crippen molar-refractivity contribution in [3.63, 3.8) is 0 Å². The molecule has 1 amide bonds. The van der Waals surface area contributed by atoms with Gasteiger partial charge in [-0.1, -0.05) is 6.08 Å². The molecule has 0 spiro atoms. The fourth-order valence-electron chi connectivity index (χ4n) is 2.83. The van der Waals surface area contributed by atoms with Crippen LogP contribution in [0.3, 0.4) is 0 Å². The lowest BCUT2D eigenvalue weighted by Crippen LogP contribution is -2.38. The van der Waals surface area contributed by atoms with Crippen molar-refractivity contribution < 1.29 is 4.79 Å². The molecule has 2 heterocycles.